The summed E-state index contributed by atoms with van der Waals surface area (Å²) in [6, 6.07) is 15.1. The highest BCUT2D eigenvalue weighted by atomic mass is 16.5. The van der Waals surface area contributed by atoms with Crippen molar-refractivity contribution in [1.82, 2.24) is 10.2 Å². The fraction of sp³-hybridized carbons (Fsp3) is 0.423. The number of carbonyl (C=O) groups is 3. The summed E-state index contributed by atoms with van der Waals surface area (Å²) in [4.78, 5) is 38.3. The Balaban J connectivity index is 1.38. The summed E-state index contributed by atoms with van der Waals surface area (Å²) in [6.45, 7) is 3.84. The van der Waals surface area contributed by atoms with E-state index in [1.807, 2.05) is 50.2 Å². The molecule has 0 bridgehead atoms. The van der Waals surface area contributed by atoms with Gasteiger partial charge in [0.2, 0.25) is 5.91 Å². The smallest absolute Gasteiger partial charge is 0.407 e. The Hall–Kier alpha value is -3.39. The predicted molar refractivity (Wildman–Crippen MR) is 125 cm³/mol. The van der Waals surface area contributed by atoms with Gasteiger partial charge in [-0.25, -0.2) is 9.59 Å². The van der Waals surface area contributed by atoms with E-state index in [0.29, 0.717) is 0 Å². The second-order valence-electron chi connectivity index (χ2n) is 9.29. The molecular formula is C26H30N2O6. The molecule has 180 valence electrons. The zero-order valence-corrected chi connectivity index (χ0v) is 19.3. The van der Waals surface area contributed by atoms with E-state index >= 15 is 0 Å². The third-order valence-corrected chi connectivity index (χ3v) is 6.78. The number of benzene rings is 2. The summed E-state index contributed by atoms with van der Waals surface area (Å²) >= 11 is 0. The second-order valence-corrected chi connectivity index (χ2v) is 9.29. The lowest BCUT2D eigenvalue weighted by Gasteiger charge is -2.28. The summed E-state index contributed by atoms with van der Waals surface area (Å²) < 4.78 is 5.54. The third kappa shape index (κ3) is 4.63. The van der Waals surface area contributed by atoms with Crippen LogP contribution < -0.4 is 5.32 Å². The van der Waals surface area contributed by atoms with Gasteiger partial charge in [0, 0.05) is 25.4 Å². The van der Waals surface area contributed by atoms with Gasteiger partial charge < -0.3 is 25.2 Å². The number of carboxylic acid groups (broad SMARTS) is 1. The van der Waals surface area contributed by atoms with E-state index in [9.17, 15) is 24.6 Å². The zero-order chi connectivity index (χ0) is 24.4. The fourth-order valence-electron chi connectivity index (χ4n) is 4.96. The molecule has 3 atom stereocenters. The lowest BCUT2D eigenvalue weighted by atomic mass is 9.94. The number of β-amino-alcohol motifs (C(OH)–C–C–N with tert-alkyl or cyclic N) is 1. The normalized spacial score (nSPS) is 20.1. The number of amides is 2. The average molecular weight is 467 g/mol. The van der Waals surface area contributed by atoms with Crippen LogP contribution in [0.4, 0.5) is 4.79 Å². The van der Waals surface area contributed by atoms with Crippen molar-refractivity contribution in [1.29, 1.82) is 0 Å². The molecule has 1 aliphatic heterocycles. The Morgan fingerprint density at radius 2 is 1.65 bits per heavy atom. The van der Waals surface area contributed by atoms with Crippen molar-refractivity contribution in [2.75, 3.05) is 19.7 Å². The van der Waals surface area contributed by atoms with E-state index in [1.165, 1.54) is 4.90 Å². The maximum atomic E-state index is 13.1. The highest BCUT2D eigenvalue weighted by Crippen LogP contribution is 2.44. The number of aliphatic hydroxyl groups excluding tert-OH is 1. The molecule has 1 saturated heterocycles. The number of carboxylic acids is 1. The quantitative estimate of drug-likeness (QED) is 0.578. The number of likely N-dealkylation sites (tertiary alicyclic amines) is 1. The summed E-state index contributed by atoms with van der Waals surface area (Å²) in [5.41, 5.74) is 4.50. The molecule has 4 rings (SSSR count). The lowest BCUT2D eigenvalue weighted by molar-refractivity contribution is -0.150. The number of aliphatic carboxylic acids is 1. The number of alkyl carbamates (subject to hydrolysis) is 1. The van der Waals surface area contributed by atoms with E-state index < -0.39 is 36.0 Å². The molecule has 0 aromatic heterocycles. The fourth-order valence-corrected chi connectivity index (χ4v) is 4.96. The van der Waals surface area contributed by atoms with Crippen LogP contribution in [0.1, 0.15) is 37.3 Å². The minimum Gasteiger partial charge on any atom is -0.480 e. The third-order valence-electron chi connectivity index (χ3n) is 6.78. The van der Waals surface area contributed by atoms with Crippen molar-refractivity contribution >= 4 is 18.0 Å². The van der Waals surface area contributed by atoms with Gasteiger partial charge in [-0.2, -0.15) is 0 Å². The Morgan fingerprint density at radius 1 is 1.06 bits per heavy atom. The molecule has 2 aliphatic rings. The minimum absolute atomic E-state index is 0.00565. The van der Waals surface area contributed by atoms with E-state index in [1.54, 1.807) is 0 Å². The molecule has 1 heterocycles. The van der Waals surface area contributed by atoms with Crippen LogP contribution >= 0.6 is 0 Å². The largest absolute Gasteiger partial charge is 0.480 e. The van der Waals surface area contributed by atoms with Crippen molar-refractivity contribution in [3.63, 3.8) is 0 Å². The van der Waals surface area contributed by atoms with Crippen LogP contribution in [0.15, 0.2) is 48.5 Å². The molecule has 0 radical (unpaired) electrons. The summed E-state index contributed by atoms with van der Waals surface area (Å²) in [5, 5.41) is 22.0. The van der Waals surface area contributed by atoms with Gasteiger partial charge in [-0.05, 0) is 28.2 Å². The summed E-state index contributed by atoms with van der Waals surface area (Å²) in [6.07, 6.45) is -1.49. The first-order valence-electron chi connectivity index (χ1n) is 11.6. The van der Waals surface area contributed by atoms with Gasteiger partial charge in [0.25, 0.3) is 0 Å². The Labute approximate surface area is 198 Å². The van der Waals surface area contributed by atoms with Crippen molar-refractivity contribution in [3.8, 4) is 11.1 Å². The van der Waals surface area contributed by atoms with Gasteiger partial charge in [-0.3, -0.25) is 4.79 Å². The predicted octanol–water partition coefficient (Wildman–Crippen LogP) is 2.84. The molecule has 34 heavy (non-hydrogen) atoms. The number of aliphatic hydroxyl groups is 1. The van der Waals surface area contributed by atoms with Crippen LogP contribution in [0.2, 0.25) is 0 Å². The number of carbonyl (C=O) groups excluding carboxylic acids is 2. The molecule has 8 nitrogen and oxygen atoms in total. The van der Waals surface area contributed by atoms with Crippen LogP contribution in [0, 0.1) is 11.8 Å². The molecule has 2 aromatic rings. The number of hydrogen-bond acceptors (Lipinski definition) is 5. The van der Waals surface area contributed by atoms with Gasteiger partial charge in [0.05, 0.1) is 12.0 Å². The highest BCUT2D eigenvalue weighted by Gasteiger charge is 2.41. The topological polar surface area (TPSA) is 116 Å². The minimum atomic E-state index is -1.14. The summed E-state index contributed by atoms with van der Waals surface area (Å²) in [7, 11) is 0. The first-order valence-corrected chi connectivity index (χ1v) is 11.6. The molecule has 2 amide bonds. The van der Waals surface area contributed by atoms with Gasteiger partial charge in [-0.15, -0.1) is 0 Å². The van der Waals surface area contributed by atoms with Crippen molar-refractivity contribution in [3.05, 3.63) is 59.7 Å². The van der Waals surface area contributed by atoms with E-state index in [2.05, 4.69) is 17.4 Å². The molecule has 8 heteroatoms. The SMILES string of the molecule is CC(C)C(CNC(=O)OCC1c2ccccc2-c2ccccc21)C(=O)N1C[C@H](O)C[C@H]1C(=O)O. The molecule has 0 saturated carbocycles. The van der Waals surface area contributed by atoms with Gasteiger partial charge in [0.1, 0.15) is 12.6 Å². The monoisotopic (exact) mass is 466 g/mol. The molecular weight excluding hydrogens is 436 g/mol. The molecule has 2 aromatic carbocycles. The van der Waals surface area contributed by atoms with Crippen LogP contribution in [-0.4, -0.2) is 64.9 Å². The molecule has 1 unspecified atom stereocenters. The van der Waals surface area contributed by atoms with Crippen LogP contribution in [-0.2, 0) is 14.3 Å². The van der Waals surface area contributed by atoms with Crippen molar-refractivity contribution in [2.24, 2.45) is 11.8 Å². The van der Waals surface area contributed by atoms with Gasteiger partial charge in [0.15, 0.2) is 0 Å². The number of ether oxygens (including phenoxy) is 1. The summed E-state index contributed by atoms with van der Waals surface area (Å²) in [5.74, 6) is -2.38. The Kier molecular flexibility index (Phi) is 6.88. The number of fused-ring (bicyclic) bond motifs is 3. The molecule has 3 N–H and O–H groups in total. The second kappa shape index (κ2) is 9.85. The van der Waals surface area contributed by atoms with Crippen LogP contribution in [0.5, 0.6) is 0 Å². The molecule has 0 spiro atoms. The first-order chi connectivity index (χ1) is 16.3. The van der Waals surface area contributed by atoms with Crippen molar-refractivity contribution in [2.45, 2.75) is 38.3 Å². The number of nitrogens with one attached hydrogen (secondary N) is 1. The maximum absolute atomic E-state index is 13.1. The molecule has 1 fully saturated rings. The Morgan fingerprint density at radius 3 is 2.21 bits per heavy atom. The number of hydrogen-bond donors (Lipinski definition) is 3. The Bertz CT molecular complexity index is 1040. The zero-order valence-electron chi connectivity index (χ0n) is 19.3. The number of rotatable bonds is 7. The van der Waals surface area contributed by atoms with Gasteiger partial charge in [-0.1, -0.05) is 62.4 Å². The highest BCUT2D eigenvalue weighted by molar-refractivity contribution is 5.86. The lowest BCUT2D eigenvalue weighted by Crippen LogP contribution is -2.48. The standard InChI is InChI=1S/C26H30N2O6/c1-15(2)21(24(30)28-13-16(29)11-23(28)25(31)32)12-27-26(33)34-14-22-19-9-5-3-7-17(19)18-8-4-6-10-20(18)22/h3-10,15-16,21-23,29H,11-14H2,1-2H3,(H,27,33)(H,31,32)/t16-,21?,23+/m1/s1. The number of nitrogens with zero attached hydrogens (tertiary/aromatic N) is 1. The van der Waals surface area contributed by atoms with E-state index in [4.69, 9.17) is 4.74 Å². The van der Waals surface area contributed by atoms with Gasteiger partial charge >= 0.3 is 12.1 Å². The van der Waals surface area contributed by atoms with Crippen LogP contribution in [0.3, 0.4) is 0 Å². The van der Waals surface area contributed by atoms with Crippen molar-refractivity contribution < 1.29 is 29.3 Å². The van der Waals surface area contributed by atoms with Crippen LogP contribution in [0.25, 0.3) is 11.1 Å². The first kappa shape index (κ1) is 23.8. The average Bonchev–Trinajstić information content (AvgIpc) is 3.36. The molecule has 1 aliphatic carbocycles. The van der Waals surface area contributed by atoms with E-state index in [0.717, 1.165) is 22.3 Å². The van der Waals surface area contributed by atoms with E-state index in [-0.39, 0.29) is 38.0 Å². The maximum Gasteiger partial charge on any atom is 0.407 e.